The molecule has 0 aliphatic carbocycles. The molecule has 0 aromatic carbocycles. The molecule has 0 aromatic rings. The van der Waals surface area contributed by atoms with Crippen molar-refractivity contribution in [1.29, 1.82) is 0 Å². The van der Waals surface area contributed by atoms with Gasteiger partial charge in [0.1, 0.15) is 18.8 Å². The average molecular weight is 1460 g/mol. The molecule has 0 amide bonds. The van der Waals surface area contributed by atoms with Crippen LogP contribution in [0.1, 0.15) is 452 Å². The lowest BCUT2D eigenvalue weighted by Crippen LogP contribution is -2.74. The van der Waals surface area contributed by atoms with Gasteiger partial charge < -0.3 is 59.1 Å². The summed E-state index contributed by atoms with van der Waals surface area (Å²) in [5.41, 5.74) is -3.25. The van der Waals surface area contributed by atoms with Gasteiger partial charge in [-0.25, -0.2) is 4.79 Å². The van der Waals surface area contributed by atoms with E-state index < -0.39 is 110 Å². The van der Waals surface area contributed by atoms with Crippen LogP contribution < -0.4 is 0 Å². The van der Waals surface area contributed by atoms with Crippen LogP contribution in [0.2, 0.25) is 0 Å². The smallest absolute Gasteiger partial charge is 0.446 e. The fourth-order valence-corrected chi connectivity index (χ4v) is 13.5. The zero-order valence-electron chi connectivity index (χ0n) is 66.4. The molecule has 0 rings (SSSR count). The van der Waals surface area contributed by atoms with Crippen molar-refractivity contribution in [3.8, 4) is 0 Å². The van der Waals surface area contributed by atoms with Crippen LogP contribution >= 0.6 is 0 Å². The van der Waals surface area contributed by atoms with Gasteiger partial charge in [-0.3, -0.25) is 24.0 Å². The van der Waals surface area contributed by atoms with E-state index in [4.69, 9.17) is 28.4 Å². The highest BCUT2D eigenvalue weighted by Gasteiger charge is 2.74. The van der Waals surface area contributed by atoms with Gasteiger partial charge in [-0.15, -0.1) is 0 Å². The molecule has 18 nitrogen and oxygen atoms in total. The molecule has 0 fully saturated rings. The van der Waals surface area contributed by atoms with Crippen LogP contribution in [0.4, 0.5) is 0 Å². The Kier molecular flexibility index (Phi) is 64.7. The molecule has 0 saturated carbocycles. The number of hydrogen-bond donors (Lipinski definition) is 6. The monoisotopic (exact) mass is 1460 g/mol. The van der Waals surface area contributed by atoms with Crippen LogP contribution in [0, 0.1) is 0 Å². The van der Waals surface area contributed by atoms with Crippen molar-refractivity contribution in [2.24, 2.45) is 0 Å². The van der Waals surface area contributed by atoms with Gasteiger partial charge in [0.25, 0.3) is 0 Å². The van der Waals surface area contributed by atoms with Gasteiger partial charge >= 0.3 is 53.4 Å². The van der Waals surface area contributed by atoms with Crippen LogP contribution in [0.15, 0.2) is 0 Å². The number of aliphatic hydroxyl groups is 6. The SMILES string of the molecule is CCCCCCCCCCCCCC(=O)OC(O)(CO)C(O)(OC(=O)CCCCCCCCCCCCC)OC(=O)C(OC(=O)CCCCCCCCCCC)(OC(=O)CCCCCCCCCCC)C(CCCCCCCCCCC)(OC(=O)CCCCCCCCCCC)C(O)C(O)CO. The van der Waals surface area contributed by atoms with Crippen molar-refractivity contribution in [3.05, 3.63) is 0 Å². The van der Waals surface area contributed by atoms with Crippen LogP contribution in [0.5, 0.6) is 0 Å². The maximum absolute atomic E-state index is 16.5. The molecule has 6 N–H and O–H groups in total. The lowest BCUT2D eigenvalue weighted by atomic mass is 9.78. The van der Waals surface area contributed by atoms with E-state index >= 15 is 14.4 Å². The van der Waals surface area contributed by atoms with E-state index in [2.05, 4.69) is 41.5 Å². The number of carbonyl (C=O) groups is 6. The molecule has 0 radical (unpaired) electrons. The zero-order chi connectivity index (χ0) is 75.5. The Balaban J connectivity index is 8.50. The van der Waals surface area contributed by atoms with Gasteiger partial charge in [0, 0.05) is 32.1 Å². The summed E-state index contributed by atoms with van der Waals surface area (Å²) in [5.74, 6) is -20.3. The van der Waals surface area contributed by atoms with Crippen molar-refractivity contribution >= 4 is 35.8 Å². The number of aliphatic hydroxyl groups excluding tert-OH is 4. The van der Waals surface area contributed by atoms with E-state index in [0.717, 1.165) is 244 Å². The summed E-state index contributed by atoms with van der Waals surface area (Å²) >= 11 is 0. The quantitative estimate of drug-likeness (QED) is 0.0143. The summed E-state index contributed by atoms with van der Waals surface area (Å²) in [6.07, 6.45) is 43.0. The Hall–Kier alpha value is -3.42. The van der Waals surface area contributed by atoms with Crippen molar-refractivity contribution in [1.82, 2.24) is 0 Å². The predicted octanol–water partition coefficient (Wildman–Crippen LogP) is 20.8. The molecule has 0 aliphatic heterocycles. The highest BCUT2D eigenvalue weighted by molar-refractivity contribution is 5.88. The van der Waals surface area contributed by atoms with Crippen molar-refractivity contribution in [2.45, 2.75) is 488 Å². The standard InChI is InChI=1S/C84H158O18/c1-7-13-19-25-31-37-39-44-50-54-60-66-75(89)98-82(95,72-86)84(96,101-78(92)69-63-57-51-45-40-38-32-26-20-14-8-2)102-80(94)83(99-76(90)67-61-55-48-42-34-28-22-16-10-4,100-77(91)68-62-56-49-43-35-29-23-17-11-5)81(79(93)73(87)71-85,70-64-58-52-46-36-30-24-18-12-6)97-74(88)65-59-53-47-41-33-27-21-15-9-3/h73,79,85-87,93,95-96H,7-72H2,1-6H3. The molecule has 0 spiro atoms. The number of unbranched alkanes of at least 4 members (excludes halogenated alkanes) is 52. The zero-order valence-corrected chi connectivity index (χ0v) is 66.4. The molecule has 0 bridgehead atoms. The second kappa shape index (κ2) is 67.0. The Bertz CT molecular complexity index is 1970. The molecular formula is C84H158O18. The average Bonchev–Trinajstić information content (AvgIpc) is 0.724. The van der Waals surface area contributed by atoms with Gasteiger partial charge in [-0.2, -0.15) is 0 Å². The number of esters is 6. The van der Waals surface area contributed by atoms with E-state index in [9.17, 15) is 45.0 Å². The Morgan fingerprint density at radius 1 is 0.275 bits per heavy atom. The Morgan fingerprint density at radius 3 is 0.735 bits per heavy atom. The Labute approximate surface area is 621 Å². The predicted molar refractivity (Wildman–Crippen MR) is 408 cm³/mol. The third-order valence-corrected chi connectivity index (χ3v) is 20.2. The van der Waals surface area contributed by atoms with Gasteiger partial charge in [0.2, 0.25) is 5.60 Å². The van der Waals surface area contributed by atoms with E-state index in [-0.39, 0.29) is 51.4 Å². The fourth-order valence-electron chi connectivity index (χ4n) is 13.5. The van der Waals surface area contributed by atoms with Gasteiger partial charge in [0.15, 0.2) is 0 Å². The van der Waals surface area contributed by atoms with Crippen LogP contribution in [-0.2, 0) is 57.2 Å². The summed E-state index contributed by atoms with van der Waals surface area (Å²) in [6.45, 7) is 9.93. The van der Waals surface area contributed by atoms with E-state index in [1.54, 1.807) is 0 Å². The Morgan fingerprint density at radius 2 is 0.490 bits per heavy atom. The summed E-state index contributed by atoms with van der Waals surface area (Å²) in [7, 11) is 0. The van der Waals surface area contributed by atoms with Crippen LogP contribution in [0.25, 0.3) is 0 Å². The van der Waals surface area contributed by atoms with E-state index in [1.165, 1.54) is 44.9 Å². The summed E-state index contributed by atoms with van der Waals surface area (Å²) in [6, 6.07) is 0. The van der Waals surface area contributed by atoms with Crippen molar-refractivity contribution in [3.63, 3.8) is 0 Å². The lowest BCUT2D eigenvalue weighted by molar-refractivity contribution is -0.454. The van der Waals surface area contributed by atoms with Gasteiger partial charge in [-0.05, 0) is 44.9 Å². The molecule has 5 unspecified atom stereocenters. The van der Waals surface area contributed by atoms with Gasteiger partial charge in [-0.1, -0.05) is 375 Å². The van der Waals surface area contributed by atoms with E-state index in [0.29, 0.717) is 44.9 Å². The lowest BCUT2D eigenvalue weighted by Gasteiger charge is -2.49. The first-order valence-corrected chi connectivity index (χ1v) is 42.8. The highest BCUT2D eigenvalue weighted by atomic mass is 16.9. The maximum atomic E-state index is 16.5. The second-order valence-corrected chi connectivity index (χ2v) is 29.9. The third-order valence-electron chi connectivity index (χ3n) is 20.2. The molecule has 5 atom stereocenters. The number of ether oxygens (including phenoxy) is 6. The normalized spacial score (nSPS) is 14.1. The highest BCUT2D eigenvalue weighted by Crippen LogP contribution is 2.45. The molecule has 0 saturated heterocycles. The largest absolute Gasteiger partial charge is 0.447 e. The van der Waals surface area contributed by atoms with Crippen molar-refractivity contribution in [2.75, 3.05) is 13.2 Å². The first-order chi connectivity index (χ1) is 49.4. The maximum Gasteiger partial charge on any atom is 0.446 e. The van der Waals surface area contributed by atoms with Crippen LogP contribution in [-0.4, -0.2) is 115 Å². The minimum Gasteiger partial charge on any atom is -0.447 e. The summed E-state index contributed by atoms with van der Waals surface area (Å²) in [5, 5.41) is 72.5. The number of carbonyl (C=O) groups excluding carboxylic acids is 6. The summed E-state index contributed by atoms with van der Waals surface area (Å²) in [4.78, 5) is 89.9. The molecule has 602 valence electrons. The fraction of sp³-hybridized carbons (Fsp3) is 0.929. The molecule has 18 heteroatoms. The molecule has 0 heterocycles. The minimum atomic E-state index is -4.27. The topological polar surface area (TPSA) is 279 Å². The number of hydrogen-bond acceptors (Lipinski definition) is 18. The molecular weight excluding hydrogens is 1300 g/mol. The first kappa shape index (κ1) is 98.6. The first-order valence-electron chi connectivity index (χ1n) is 42.8. The third kappa shape index (κ3) is 47.3. The molecule has 0 aromatic heterocycles. The van der Waals surface area contributed by atoms with Crippen LogP contribution in [0.3, 0.4) is 0 Å². The number of rotatable bonds is 77. The molecule has 0 aliphatic rings. The molecule has 102 heavy (non-hydrogen) atoms. The minimum absolute atomic E-state index is 0.0639. The second-order valence-electron chi connectivity index (χ2n) is 29.9. The van der Waals surface area contributed by atoms with E-state index in [1.807, 2.05) is 0 Å². The van der Waals surface area contributed by atoms with Gasteiger partial charge in [0.05, 0.1) is 6.61 Å². The summed E-state index contributed by atoms with van der Waals surface area (Å²) < 4.78 is 35.9. The van der Waals surface area contributed by atoms with Crippen molar-refractivity contribution < 1.29 is 87.8 Å².